The van der Waals surface area contributed by atoms with Crippen LogP contribution in [0.15, 0.2) is 54.6 Å². The van der Waals surface area contributed by atoms with Gasteiger partial charge in [-0.1, -0.05) is 54.1 Å². The molecule has 0 unspecified atom stereocenters. The maximum Gasteiger partial charge on any atom is 0.408 e. The number of carbonyl (C=O) groups is 2. The van der Waals surface area contributed by atoms with E-state index in [0.717, 1.165) is 5.56 Å². The van der Waals surface area contributed by atoms with Crippen LogP contribution in [-0.4, -0.2) is 12.0 Å². The van der Waals surface area contributed by atoms with Gasteiger partial charge in [-0.15, -0.1) is 0 Å². The molecule has 5 nitrogen and oxygen atoms in total. The smallest absolute Gasteiger partial charge is 0.408 e. The standard InChI is InChI=1S/C17H17ClN2O3/c1-17(15(19)21,13-8-5-9-14(18)10-13)20-16(22)23-11-12-6-3-2-4-7-12/h2-10H,11H2,1H3,(H2,19,21)(H,20,22)/t17-/m1/s1. The van der Waals surface area contributed by atoms with Crippen molar-refractivity contribution < 1.29 is 14.3 Å². The molecule has 23 heavy (non-hydrogen) atoms. The van der Waals surface area contributed by atoms with Crippen LogP contribution in [-0.2, 0) is 21.7 Å². The van der Waals surface area contributed by atoms with Gasteiger partial charge in [0.25, 0.3) is 0 Å². The number of primary amides is 1. The summed E-state index contributed by atoms with van der Waals surface area (Å²) in [5.74, 6) is -0.712. The average Bonchev–Trinajstić information content (AvgIpc) is 2.53. The molecule has 0 aliphatic carbocycles. The van der Waals surface area contributed by atoms with Crippen molar-refractivity contribution in [3.05, 3.63) is 70.7 Å². The second kappa shape index (κ2) is 7.15. The van der Waals surface area contributed by atoms with Crippen molar-refractivity contribution in [3.63, 3.8) is 0 Å². The first kappa shape index (κ1) is 16.8. The van der Waals surface area contributed by atoms with Gasteiger partial charge in [-0.2, -0.15) is 0 Å². The van der Waals surface area contributed by atoms with Gasteiger partial charge >= 0.3 is 6.09 Å². The first-order valence-corrected chi connectivity index (χ1v) is 7.34. The van der Waals surface area contributed by atoms with E-state index < -0.39 is 17.5 Å². The predicted octanol–water partition coefficient (Wildman–Crippen LogP) is 2.97. The molecule has 0 bridgehead atoms. The molecular formula is C17H17ClN2O3. The lowest BCUT2D eigenvalue weighted by Gasteiger charge is -2.27. The lowest BCUT2D eigenvalue weighted by atomic mass is 9.91. The fourth-order valence-corrected chi connectivity index (χ4v) is 2.23. The van der Waals surface area contributed by atoms with E-state index in [1.165, 1.54) is 6.92 Å². The van der Waals surface area contributed by atoms with Crippen LogP contribution in [0.4, 0.5) is 4.79 Å². The van der Waals surface area contributed by atoms with Gasteiger partial charge in [-0.05, 0) is 30.2 Å². The van der Waals surface area contributed by atoms with Crippen LogP contribution in [0.1, 0.15) is 18.1 Å². The molecule has 3 N–H and O–H groups in total. The molecule has 0 heterocycles. The highest BCUT2D eigenvalue weighted by atomic mass is 35.5. The molecule has 120 valence electrons. The van der Waals surface area contributed by atoms with Gasteiger partial charge in [-0.25, -0.2) is 4.79 Å². The molecule has 0 saturated carbocycles. The number of benzene rings is 2. The van der Waals surface area contributed by atoms with Crippen molar-refractivity contribution in [3.8, 4) is 0 Å². The number of alkyl carbamates (subject to hydrolysis) is 1. The molecule has 2 amide bonds. The summed E-state index contributed by atoms with van der Waals surface area (Å²) in [5, 5.41) is 2.95. The molecule has 0 fully saturated rings. The third-order valence-corrected chi connectivity index (χ3v) is 3.69. The Balaban J connectivity index is 2.10. The highest BCUT2D eigenvalue weighted by Gasteiger charge is 2.35. The summed E-state index contributed by atoms with van der Waals surface area (Å²) in [5.41, 5.74) is 5.36. The molecule has 2 aromatic carbocycles. The lowest BCUT2D eigenvalue weighted by Crippen LogP contribution is -2.52. The van der Waals surface area contributed by atoms with Gasteiger partial charge < -0.3 is 15.8 Å². The maximum atomic E-state index is 12.0. The quantitative estimate of drug-likeness (QED) is 0.883. The summed E-state index contributed by atoms with van der Waals surface area (Å²) in [6.45, 7) is 1.60. The van der Waals surface area contributed by atoms with Crippen molar-refractivity contribution in [2.24, 2.45) is 5.73 Å². The highest BCUT2D eigenvalue weighted by Crippen LogP contribution is 2.23. The third-order valence-electron chi connectivity index (χ3n) is 3.46. The Hall–Kier alpha value is -2.53. The van der Waals surface area contributed by atoms with Gasteiger partial charge in [0, 0.05) is 5.02 Å². The number of rotatable bonds is 5. The molecular weight excluding hydrogens is 316 g/mol. The van der Waals surface area contributed by atoms with Crippen molar-refractivity contribution in [1.29, 1.82) is 0 Å². The van der Waals surface area contributed by atoms with Crippen LogP contribution in [0.5, 0.6) is 0 Å². The molecule has 0 saturated heterocycles. The largest absolute Gasteiger partial charge is 0.445 e. The highest BCUT2D eigenvalue weighted by molar-refractivity contribution is 6.30. The minimum atomic E-state index is -1.42. The van der Waals surface area contributed by atoms with Crippen molar-refractivity contribution in [2.75, 3.05) is 0 Å². The maximum absolute atomic E-state index is 12.0. The first-order chi connectivity index (χ1) is 10.9. The lowest BCUT2D eigenvalue weighted by molar-refractivity contribution is -0.124. The minimum absolute atomic E-state index is 0.0943. The summed E-state index contributed by atoms with van der Waals surface area (Å²) in [4.78, 5) is 23.9. The minimum Gasteiger partial charge on any atom is -0.445 e. The molecule has 0 aromatic heterocycles. The van der Waals surface area contributed by atoms with E-state index in [-0.39, 0.29) is 6.61 Å². The second-order valence-corrected chi connectivity index (χ2v) is 5.62. The Bertz CT molecular complexity index is 706. The molecule has 0 radical (unpaired) electrons. The predicted molar refractivity (Wildman–Crippen MR) is 87.8 cm³/mol. The summed E-state index contributed by atoms with van der Waals surface area (Å²) < 4.78 is 5.13. The molecule has 6 heteroatoms. The monoisotopic (exact) mass is 332 g/mol. The van der Waals surface area contributed by atoms with Gasteiger partial charge in [0.15, 0.2) is 0 Å². The third kappa shape index (κ3) is 4.23. The number of nitrogens with one attached hydrogen (secondary N) is 1. The summed E-state index contributed by atoms with van der Waals surface area (Å²) in [6.07, 6.45) is -0.741. The molecule has 0 aliphatic heterocycles. The Labute approximate surface area is 139 Å². The number of carbonyl (C=O) groups excluding carboxylic acids is 2. The van der Waals surface area contributed by atoms with Crippen LogP contribution >= 0.6 is 11.6 Å². The van der Waals surface area contributed by atoms with Crippen LogP contribution < -0.4 is 11.1 Å². The zero-order chi connectivity index (χ0) is 16.9. The Kier molecular flexibility index (Phi) is 5.24. The topological polar surface area (TPSA) is 81.4 Å². The van der Waals surface area contributed by atoms with Gasteiger partial charge in [-0.3, -0.25) is 4.79 Å². The fourth-order valence-electron chi connectivity index (χ4n) is 2.04. The van der Waals surface area contributed by atoms with Gasteiger partial charge in [0.05, 0.1) is 0 Å². The van der Waals surface area contributed by atoms with E-state index in [1.54, 1.807) is 24.3 Å². The average molecular weight is 333 g/mol. The van der Waals surface area contributed by atoms with Crippen molar-refractivity contribution >= 4 is 23.6 Å². The summed E-state index contributed by atoms with van der Waals surface area (Å²) in [6, 6.07) is 15.8. The first-order valence-electron chi connectivity index (χ1n) is 6.96. The number of halogens is 1. The number of amides is 2. The van der Waals surface area contributed by atoms with E-state index in [9.17, 15) is 9.59 Å². The van der Waals surface area contributed by atoms with Crippen LogP contribution in [0, 0.1) is 0 Å². The fraction of sp³-hybridized carbons (Fsp3) is 0.176. The zero-order valence-corrected chi connectivity index (χ0v) is 13.3. The summed E-state index contributed by atoms with van der Waals surface area (Å²) >= 11 is 5.94. The SMILES string of the molecule is C[C@](NC(=O)OCc1ccccc1)(C(N)=O)c1cccc(Cl)c1. The Morgan fingerprint density at radius 3 is 2.48 bits per heavy atom. The Morgan fingerprint density at radius 2 is 1.87 bits per heavy atom. The Morgan fingerprint density at radius 1 is 1.17 bits per heavy atom. The van der Waals surface area contributed by atoms with Crippen molar-refractivity contribution in [1.82, 2.24) is 5.32 Å². The van der Waals surface area contributed by atoms with E-state index >= 15 is 0 Å². The molecule has 2 rings (SSSR count). The van der Waals surface area contributed by atoms with Crippen molar-refractivity contribution in [2.45, 2.75) is 19.1 Å². The molecule has 0 spiro atoms. The molecule has 2 aromatic rings. The summed E-state index contributed by atoms with van der Waals surface area (Å²) in [7, 11) is 0. The van der Waals surface area contributed by atoms with Gasteiger partial charge in [0.2, 0.25) is 5.91 Å². The van der Waals surface area contributed by atoms with E-state index in [2.05, 4.69) is 5.32 Å². The van der Waals surface area contributed by atoms with Crippen LogP contribution in [0.25, 0.3) is 0 Å². The van der Waals surface area contributed by atoms with Crippen LogP contribution in [0.2, 0.25) is 5.02 Å². The van der Waals surface area contributed by atoms with E-state index in [1.807, 2.05) is 30.3 Å². The normalized spacial score (nSPS) is 13.0. The number of nitrogens with two attached hydrogens (primary N) is 1. The zero-order valence-electron chi connectivity index (χ0n) is 12.6. The second-order valence-electron chi connectivity index (χ2n) is 5.19. The molecule has 0 aliphatic rings. The number of hydrogen-bond acceptors (Lipinski definition) is 3. The molecule has 1 atom stereocenters. The van der Waals surface area contributed by atoms with Crippen LogP contribution in [0.3, 0.4) is 0 Å². The number of hydrogen-bond donors (Lipinski definition) is 2. The van der Waals surface area contributed by atoms with E-state index in [4.69, 9.17) is 22.1 Å². The number of ether oxygens (including phenoxy) is 1. The van der Waals surface area contributed by atoms with Gasteiger partial charge in [0.1, 0.15) is 12.1 Å². The van der Waals surface area contributed by atoms with E-state index in [0.29, 0.717) is 10.6 Å².